The minimum absolute atomic E-state index is 0.0178. The average Bonchev–Trinajstić information content (AvgIpc) is 3.15. The maximum absolute atomic E-state index is 13.5. The summed E-state index contributed by atoms with van der Waals surface area (Å²) in [5.74, 6) is -2.88. The van der Waals surface area contributed by atoms with Crippen LogP contribution in [-0.4, -0.2) is 46.1 Å². The molecule has 0 saturated carbocycles. The number of para-hydroxylation sites is 1. The Kier molecular flexibility index (Phi) is 6.77. The number of hydrogen-bond acceptors (Lipinski definition) is 5. The third kappa shape index (κ3) is 5.59. The zero-order chi connectivity index (χ0) is 29.9. The number of alkyl halides is 8. The highest BCUT2D eigenvalue weighted by Crippen LogP contribution is 2.42. The van der Waals surface area contributed by atoms with Crippen LogP contribution in [0, 0.1) is 0 Å². The lowest BCUT2D eigenvalue weighted by Gasteiger charge is -2.39. The Bertz CT molecular complexity index is 1450. The number of amides is 1. The number of anilines is 1. The molecule has 0 bridgehead atoms. The number of ether oxygens (including phenoxy) is 1. The lowest BCUT2D eigenvalue weighted by atomic mass is 9.97. The number of carbonyl (C=O) groups excluding carboxylic acids is 1. The molecule has 0 spiro atoms. The average molecular weight is 587 g/mol. The van der Waals surface area contributed by atoms with Gasteiger partial charge in [-0.05, 0) is 48.9 Å². The highest BCUT2D eigenvalue weighted by molar-refractivity contribution is 5.75. The van der Waals surface area contributed by atoms with E-state index in [1.54, 1.807) is 18.2 Å². The Morgan fingerprint density at radius 3 is 2.12 bits per heavy atom. The molecular formula is C27H21F8N3O3. The molecule has 6 nitrogen and oxygen atoms in total. The van der Waals surface area contributed by atoms with E-state index in [0.29, 0.717) is 23.3 Å². The molecule has 1 amide bonds. The quantitative estimate of drug-likeness (QED) is 0.325. The number of cyclic esters (lactones) is 1. The lowest BCUT2D eigenvalue weighted by Crippen LogP contribution is -2.56. The Labute approximate surface area is 227 Å². The summed E-state index contributed by atoms with van der Waals surface area (Å²) in [6.07, 6.45) is -12.7. The van der Waals surface area contributed by atoms with Crippen molar-refractivity contribution in [2.24, 2.45) is 0 Å². The number of phenols is 1. The fraction of sp³-hybridized carbons (Fsp3) is 0.333. The summed E-state index contributed by atoms with van der Waals surface area (Å²) in [5, 5.41) is 10.4. The zero-order valence-corrected chi connectivity index (χ0v) is 21.1. The van der Waals surface area contributed by atoms with Gasteiger partial charge in [0.05, 0.1) is 42.5 Å². The molecule has 2 aromatic carbocycles. The number of hydrogen-bond donors (Lipinski definition) is 1. The Morgan fingerprint density at radius 2 is 1.56 bits per heavy atom. The summed E-state index contributed by atoms with van der Waals surface area (Å²) in [6, 6.07) is 9.08. The van der Waals surface area contributed by atoms with E-state index < -0.39 is 66.3 Å². The van der Waals surface area contributed by atoms with E-state index >= 15 is 0 Å². The van der Waals surface area contributed by atoms with Gasteiger partial charge in [0.1, 0.15) is 17.7 Å². The van der Waals surface area contributed by atoms with Crippen molar-refractivity contribution in [1.29, 1.82) is 0 Å². The largest absolute Gasteiger partial charge is 0.507 e. The number of nitrogens with zero attached hydrogens (tertiary/aromatic N) is 3. The van der Waals surface area contributed by atoms with Gasteiger partial charge < -0.3 is 14.7 Å². The van der Waals surface area contributed by atoms with E-state index in [2.05, 4.69) is 4.98 Å². The predicted octanol–water partition coefficient (Wildman–Crippen LogP) is 7.03. The van der Waals surface area contributed by atoms with Gasteiger partial charge in [-0.2, -0.15) is 26.3 Å². The van der Waals surface area contributed by atoms with Gasteiger partial charge >= 0.3 is 18.4 Å². The van der Waals surface area contributed by atoms with Gasteiger partial charge in [-0.3, -0.25) is 4.90 Å². The second-order valence-electron chi connectivity index (χ2n) is 9.90. The lowest BCUT2D eigenvalue weighted by molar-refractivity contribution is -0.143. The number of carbonyl (C=O) groups is 1. The summed E-state index contributed by atoms with van der Waals surface area (Å²) in [7, 11) is 0. The SMILES string of the molecule is C[C@H]1[C@@H](c2cc(C(F)(F)F)cc(C(F)(F)F)c2)OC(=O)N1Cc1nc(N2CC(F)(F)C2)ccc1-c1ccccc1O. The number of rotatable bonds is 5. The summed E-state index contributed by atoms with van der Waals surface area (Å²) in [5.41, 5.74) is -2.82. The molecular weight excluding hydrogens is 566 g/mol. The van der Waals surface area contributed by atoms with E-state index in [0.717, 1.165) is 4.90 Å². The summed E-state index contributed by atoms with van der Waals surface area (Å²) >= 11 is 0. The van der Waals surface area contributed by atoms with Crippen LogP contribution in [0.1, 0.15) is 35.4 Å². The molecule has 0 aliphatic carbocycles. The van der Waals surface area contributed by atoms with E-state index in [1.807, 2.05) is 0 Å². The number of phenolic OH excluding ortho intramolecular Hbond substituents is 1. The van der Waals surface area contributed by atoms with Gasteiger partial charge in [0.15, 0.2) is 0 Å². The van der Waals surface area contributed by atoms with Gasteiger partial charge in [-0.15, -0.1) is 0 Å². The smallest absolute Gasteiger partial charge is 0.416 e. The second-order valence-corrected chi connectivity index (χ2v) is 9.90. The van der Waals surface area contributed by atoms with Gasteiger partial charge in [0.2, 0.25) is 0 Å². The van der Waals surface area contributed by atoms with Gasteiger partial charge in [-0.1, -0.05) is 18.2 Å². The summed E-state index contributed by atoms with van der Waals surface area (Å²) in [6.45, 7) is -0.126. The normalized spacial score (nSPS) is 20.7. The van der Waals surface area contributed by atoms with Crippen LogP contribution in [-0.2, 0) is 23.6 Å². The first-order valence-electron chi connectivity index (χ1n) is 12.2. The van der Waals surface area contributed by atoms with Gasteiger partial charge in [0, 0.05) is 11.1 Å². The standard InChI is InChI=1S/C27H21F8N3O3/c1-14-23(15-8-16(26(30,31)32)10-17(9-15)27(33,34)35)41-24(40)38(14)11-20-18(19-4-2-3-5-21(19)39)6-7-22(36-20)37-12-25(28,29)13-37/h2-10,14,23,39H,11-13H2,1H3/t14-,23-/m0/s1. The van der Waals surface area contributed by atoms with E-state index in [4.69, 9.17) is 4.74 Å². The number of benzene rings is 2. The number of halogens is 8. The fourth-order valence-electron chi connectivity index (χ4n) is 4.87. The van der Waals surface area contributed by atoms with Gasteiger partial charge in [0.25, 0.3) is 5.92 Å². The Balaban J connectivity index is 1.51. The molecule has 2 saturated heterocycles. The zero-order valence-electron chi connectivity index (χ0n) is 21.1. The molecule has 218 valence electrons. The van der Waals surface area contributed by atoms with E-state index in [-0.39, 0.29) is 29.9 Å². The second kappa shape index (κ2) is 9.77. The highest BCUT2D eigenvalue weighted by atomic mass is 19.4. The van der Waals surface area contributed by atoms with Crippen LogP contribution in [0.2, 0.25) is 0 Å². The van der Waals surface area contributed by atoms with Crippen LogP contribution >= 0.6 is 0 Å². The number of aromatic nitrogens is 1. The molecule has 2 aliphatic heterocycles. The molecule has 3 aromatic rings. The van der Waals surface area contributed by atoms with Gasteiger partial charge in [-0.25, -0.2) is 18.6 Å². The highest BCUT2D eigenvalue weighted by Gasteiger charge is 2.46. The predicted molar refractivity (Wildman–Crippen MR) is 129 cm³/mol. The van der Waals surface area contributed by atoms with Crippen molar-refractivity contribution < 1.29 is 49.8 Å². The fourth-order valence-corrected chi connectivity index (χ4v) is 4.87. The molecule has 3 heterocycles. The van der Waals surface area contributed by atoms with Crippen LogP contribution in [0.5, 0.6) is 5.75 Å². The topological polar surface area (TPSA) is 65.9 Å². The van der Waals surface area contributed by atoms with Crippen molar-refractivity contribution in [1.82, 2.24) is 9.88 Å². The molecule has 2 aliphatic rings. The van der Waals surface area contributed by atoms with Crippen LogP contribution in [0.4, 0.5) is 45.7 Å². The van der Waals surface area contributed by atoms with Crippen LogP contribution in [0.15, 0.2) is 54.6 Å². The van der Waals surface area contributed by atoms with Crippen molar-refractivity contribution in [3.05, 3.63) is 77.0 Å². The molecule has 2 atom stereocenters. The molecule has 5 rings (SSSR count). The summed E-state index contributed by atoms with van der Waals surface area (Å²) in [4.78, 5) is 19.7. The minimum atomic E-state index is -5.09. The Morgan fingerprint density at radius 1 is 0.951 bits per heavy atom. The van der Waals surface area contributed by atoms with Crippen molar-refractivity contribution in [3.63, 3.8) is 0 Å². The van der Waals surface area contributed by atoms with Crippen LogP contribution in [0.25, 0.3) is 11.1 Å². The van der Waals surface area contributed by atoms with E-state index in [9.17, 15) is 45.0 Å². The Hall–Kier alpha value is -4.10. The summed E-state index contributed by atoms with van der Waals surface area (Å²) < 4.78 is 113. The van der Waals surface area contributed by atoms with E-state index in [1.165, 1.54) is 30.0 Å². The maximum atomic E-state index is 13.5. The molecule has 0 radical (unpaired) electrons. The molecule has 2 fully saturated rings. The number of aromatic hydroxyl groups is 1. The molecule has 41 heavy (non-hydrogen) atoms. The third-order valence-electron chi connectivity index (χ3n) is 6.97. The molecule has 14 heteroatoms. The number of pyridine rings is 1. The first kappa shape index (κ1) is 28.4. The molecule has 1 aromatic heterocycles. The van der Waals surface area contributed by atoms with Crippen molar-refractivity contribution in [2.45, 2.75) is 43.9 Å². The van der Waals surface area contributed by atoms with Crippen molar-refractivity contribution in [2.75, 3.05) is 18.0 Å². The van der Waals surface area contributed by atoms with Crippen molar-refractivity contribution >= 4 is 11.9 Å². The third-order valence-corrected chi connectivity index (χ3v) is 6.97. The first-order chi connectivity index (χ1) is 19.0. The maximum Gasteiger partial charge on any atom is 0.416 e. The van der Waals surface area contributed by atoms with Crippen molar-refractivity contribution in [3.8, 4) is 16.9 Å². The first-order valence-corrected chi connectivity index (χ1v) is 12.2. The van der Waals surface area contributed by atoms with Crippen LogP contribution in [0.3, 0.4) is 0 Å². The molecule has 1 N–H and O–H groups in total. The minimum Gasteiger partial charge on any atom is -0.507 e. The molecule has 0 unspecified atom stereocenters. The monoisotopic (exact) mass is 587 g/mol. The van der Waals surface area contributed by atoms with Crippen LogP contribution < -0.4 is 4.90 Å².